The smallest absolute Gasteiger partial charge is 0.243 e. The fraction of sp³-hybridized carbons (Fsp3) is 0.478. The summed E-state index contributed by atoms with van der Waals surface area (Å²) in [5.41, 5.74) is 1.59. The molecule has 0 spiro atoms. The minimum atomic E-state index is -3.86. The molecule has 2 aromatic carbocycles. The molecular formula is C23H33N3O5S2. The Balaban J connectivity index is 1.84. The Bertz CT molecular complexity index is 1110. The maximum absolute atomic E-state index is 13.6. The van der Waals surface area contributed by atoms with Gasteiger partial charge in [0.1, 0.15) is 0 Å². The lowest BCUT2D eigenvalue weighted by atomic mass is 10.1. The first-order valence-electron chi connectivity index (χ1n) is 11.0. The number of sulfonamides is 2. The van der Waals surface area contributed by atoms with Gasteiger partial charge in [-0.15, -0.1) is 0 Å². The third kappa shape index (κ3) is 6.13. The van der Waals surface area contributed by atoms with Crippen LogP contribution in [0.2, 0.25) is 0 Å². The van der Waals surface area contributed by atoms with Crippen molar-refractivity contribution in [3.8, 4) is 0 Å². The molecule has 0 aliphatic carbocycles. The van der Waals surface area contributed by atoms with Crippen LogP contribution in [0.5, 0.6) is 0 Å². The molecule has 0 amide bonds. The van der Waals surface area contributed by atoms with E-state index in [9.17, 15) is 21.9 Å². The number of aliphatic hydroxyl groups excluding tert-OH is 1. The van der Waals surface area contributed by atoms with Crippen molar-refractivity contribution in [3.05, 3.63) is 60.2 Å². The van der Waals surface area contributed by atoms with Crippen molar-refractivity contribution >= 4 is 25.7 Å². The van der Waals surface area contributed by atoms with Gasteiger partial charge in [0.15, 0.2) is 0 Å². The second-order valence-electron chi connectivity index (χ2n) is 8.72. The van der Waals surface area contributed by atoms with E-state index in [1.54, 1.807) is 24.3 Å². The maximum Gasteiger partial charge on any atom is 0.243 e. The van der Waals surface area contributed by atoms with Gasteiger partial charge in [-0.3, -0.25) is 0 Å². The SMILES string of the molecule is CC(C)CN(C(CO)c1ccccc1)S(=O)(=O)c1ccc(N2CCN(S(C)(=O)=O)CC2)cc1. The lowest BCUT2D eigenvalue weighted by Gasteiger charge is -2.35. The monoisotopic (exact) mass is 495 g/mol. The van der Waals surface area contributed by atoms with Crippen LogP contribution in [-0.2, 0) is 20.0 Å². The van der Waals surface area contributed by atoms with Gasteiger partial charge in [0, 0.05) is 38.4 Å². The number of aliphatic hydroxyl groups is 1. The standard InChI is InChI=1S/C23H33N3O5S2/c1-19(2)17-26(23(18-27)20-7-5-4-6-8-20)33(30,31)22-11-9-21(10-12-22)24-13-15-25(16-14-24)32(3,28)29/h4-12,19,23,27H,13-18H2,1-3H3. The van der Waals surface area contributed by atoms with E-state index in [0.29, 0.717) is 26.2 Å². The van der Waals surface area contributed by atoms with Crippen molar-refractivity contribution < 1.29 is 21.9 Å². The largest absolute Gasteiger partial charge is 0.394 e. The first-order chi connectivity index (χ1) is 15.5. The van der Waals surface area contributed by atoms with E-state index in [2.05, 4.69) is 0 Å². The van der Waals surface area contributed by atoms with Crippen LogP contribution in [0.15, 0.2) is 59.5 Å². The molecule has 0 radical (unpaired) electrons. The molecule has 1 atom stereocenters. The van der Waals surface area contributed by atoms with Gasteiger partial charge in [0.25, 0.3) is 0 Å². The fourth-order valence-electron chi connectivity index (χ4n) is 4.03. The van der Waals surface area contributed by atoms with E-state index in [-0.39, 0.29) is 24.0 Å². The Labute approximate surface area is 197 Å². The van der Waals surface area contributed by atoms with E-state index in [1.807, 2.05) is 49.1 Å². The molecule has 0 aromatic heterocycles. The van der Waals surface area contributed by atoms with Crippen LogP contribution in [-0.4, -0.2) is 76.1 Å². The summed E-state index contributed by atoms with van der Waals surface area (Å²) >= 11 is 0. The number of rotatable bonds is 9. The zero-order valence-electron chi connectivity index (χ0n) is 19.3. The molecule has 1 unspecified atom stereocenters. The lowest BCUT2D eigenvalue weighted by Crippen LogP contribution is -2.48. The summed E-state index contributed by atoms with van der Waals surface area (Å²) in [4.78, 5) is 2.21. The molecule has 33 heavy (non-hydrogen) atoms. The number of hydrogen-bond donors (Lipinski definition) is 1. The Hall–Kier alpha value is -1.98. The second kappa shape index (κ2) is 10.5. The average Bonchev–Trinajstić information content (AvgIpc) is 2.79. The highest BCUT2D eigenvalue weighted by atomic mass is 32.2. The highest BCUT2D eigenvalue weighted by molar-refractivity contribution is 7.89. The van der Waals surface area contributed by atoms with Gasteiger partial charge >= 0.3 is 0 Å². The van der Waals surface area contributed by atoms with Gasteiger partial charge < -0.3 is 10.0 Å². The van der Waals surface area contributed by atoms with E-state index in [0.717, 1.165) is 11.3 Å². The summed E-state index contributed by atoms with van der Waals surface area (Å²) in [6.07, 6.45) is 1.21. The predicted molar refractivity (Wildman–Crippen MR) is 130 cm³/mol. The van der Waals surface area contributed by atoms with Gasteiger partial charge in [-0.25, -0.2) is 16.8 Å². The van der Waals surface area contributed by atoms with E-state index < -0.39 is 26.1 Å². The van der Waals surface area contributed by atoms with E-state index >= 15 is 0 Å². The first kappa shape index (κ1) is 25.6. The van der Waals surface area contributed by atoms with Crippen molar-refractivity contribution in [2.45, 2.75) is 24.8 Å². The summed E-state index contributed by atoms with van der Waals surface area (Å²) in [5, 5.41) is 10.1. The minimum Gasteiger partial charge on any atom is -0.394 e. The third-order valence-electron chi connectivity index (χ3n) is 5.77. The third-order valence-corrected chi connectivity index (χ3v) is 8.96. The van der Waals surface area contributed by atoms with Gasteiger partial charge in [0.05, 0.1) is 23.8 Å². The van der Waals surface area contributed by atoms with Crippen LogP contribution >= 0.6 is 0 Å². The topological polar surface area (TPSA) is 98.2 Å². The van der Waals surface area contributed by atoms with Crippen LogP contribution in [0.25, 0.3) is 0 Å². The Morgan fingerprint density at radius 1 is 0.909 bits per heavy atom. The molecule has 1 fully saturated rings. The van der Waals surface area contributed by atoms with Crippen LogP contribution in [0.1, 0.15) is 25.5 Å². The zero-order valence-corrected chi connectivity index (χ0v) is 21.0. The molecule has 8 nitrogen and oxygen atoms in total. The Morgan fingerprint density at radius 3 is 1.97 bits per heavy atom. The zero-order chi connectivity index (χ0) is 24.2. The average molecular weight is 496 g/mol. The van der Waals surface area contributed by atoms with Crippen LogP contribution < -0.4 is 4.90 Å². The molecular weight excluding hydrogens is 462 g/mol. The Kier molecular flexibility index (Phi) is 8.17. The van der Waals surface area contributed by atoms with Gasteiger partial charge in [0.2, 0.25) is 20.0 Å². The van der Waals surface area contributed by atoms with Crippen molar-refractivity contribution in [1.82, 2.24) is 8.61 Å². The van der Waals surface area contributed by atoms with Gasteiger partial charge in [-0.2, -0.15) is 8.61 Å². The predicted octanol–water partition coefficient (Wildman–Crippen LogP) is 2.15. The molecule has 1 N–H and O–H groups in total. The minimum absolute atomic E-state index is 0.0722. The van der Waals surface area contributed by atoms with Crippen LogP contribution in [0, 0.1) is 5.92 Å². The Morgan fingerprint density at radius 2 is 1.48 bits per heavy atom. The summed E-state index contributed by atoms with van der Waals surface area (Å²) in [6, 6.07) is 15.2. The molecule has 1 aliphatic rings. The highest BCUT2D eigenvalue weighted by Gasteiger charge is 2.33. The normalized spacial score (nSPS) is 17.0. The van der Waals surface area contributed by atoms with Crippen LogP contribution in [0.3, 0.4) is 0 Å². The fourth-order valence-corrected chi connectivity index (χ4v) is 6.63. The molecule has 1 heterocycles. The molecule has 10 heteroatoms. The van der Waals surface area contributed by atoms with Gasteiger partial charge in [-0.05, 0) is 35.7 Å². The van der Waals surface area contributed by atoms with Crippen molar-refractivity contribution in [2.24, 2.45) is 5.92 Å². The molecule has 182 valence electrons. The molecule has 2 aromatic rings. The number of anilines is 1. The summed E-state index contributed by atoms with van der Waals surface area (Å²) in [6.45, 7) is 5.73. The highest BCUT2D eigenvalue weighted by Crippen LogP contribution is 2.30. The van der Waals surface area contributed by atoms with E-state index in [4.69, 9.17) is 0 Å². The van der Waals surface area contributed by atoms with Crippen LogP contribution in [0.4, 0.5) is 5.69 Å². The van der Waals surface area contributed by atoms with Crippen molar-refractivity contribution in [3.63, 3.8) is 0 Å². The number of piperazine rings is 1. The van der Waals surface area contributed by atoms with Crippen molar-refractivity contribution in [2.75, 3.05) is 50.5 Å². The van der Waals surface area contributed by atoms with Crippen molar-refractivity contribution in [1.29, 1.82) is 0 Å². The quantitative estimate of drug-likeness (QED) is 0.572. The number of hydrogen-bond acceptors (Lipinski definition) is 6. The molecule has 3 rings (SSSR count). The lowest BCUT2D eigenvalue weighted by molar-refractivity contribution is 0.179. The first-order valence-corrected chi connectivity index (χ1v) is 14.3. The summed E-state index contributed by atoms with van der Waals surface area (Å²) in [5.74, 6) is 0.0722. The summed E-state index contributed by atoms with van der Waals surface area (Å²) < 4.78 is 53.5. The maximum atomic E-state index is 13.6. The van der Waals surface area contributed by atoms with Gasteiger partial charge in [-0.1, -0.05) is 44.2 Å². The van der Waals surface area contributed by atoms with E-state index in [1.165, 1.54) is 14.9 Å². The molecule has 1 aliphatic heterocycles. The second-order valence-corrected chi connectivity index (χ2v) is 12.6. The molecule has 1 saturated heterocycles. The number of nitrogens with zero attached hydrogens (tertiary/aromatic N) is 3. The molecule has 0 bridgehead atoms. The summed E-state index contributed by atoms with van der Waals surface area (Å²) in [7, 11) is -7.07. The molecule has 0 saturated carbocycles. The number of benzene rings is 2.